The average Bonchev–Trinajstić information content (AvgIpc) is 3.19. The number of nitrogens with zero attached hydrogens (tertiary/aromatic N) is 3. The number of piperidine rings is 1. The third-order valence-corrected chi connectivity index (χ3v) is 5.95. The zero-order valence-electron chi connectivity index (χ0n) is 18.6. The maximum atomic E-state index is 14.1. The van der Waals surface area contributed by atoms with Gasteiger partial charge < -0.3 is 25.2 Å². The number of anilines is 1. The van der Waals surface area contributed by atoms with Gasteiger partial charge in [-0.15, -0.1) is 24.0 Å². The van der Waals surface area contributed by atoms with Crippen LogP contribution in [0, 0.1) is 17.6 Å². The van der Waals surface area contributed by atoms with Crippen LogP contribution >= 0.6 is 24.0 Å². The molecule has 0 aromatic heterocycles. The lowest BCUT2D eigenvalue weighted by molar-refractivity contribution is 0.121. The largest absolute Gasteiger partial charge is 0.383 e. The summed E-state index contributed by atoms with van der Waals surface area (Å²) in [4.78, 5) is 9.03. The van der Waals surface area contributed by atoms with Crippen molar-refractivity contribution in [3.05, 3.63) is 29.8 Å². The first-order valence-corrected chi connectivity index (χ1v) is 11.1. The Hall–Kier alpha value is -1.20. The van der Waals surface area contributed by atoms with Crippen LogP contribution in [0.15, 0.2) is 23.2 Å². The summed E-state index contributed by atoms with van der Waals surface area (Å²) in [7, 11) is 1.74. The summed E-state index contributed by atoms with van der Waals surface area (Å²) in [6.07, 6.45) is 3.11. The van der Waals surface area contributed by atoms with Crippen LogP contribution < -0.4 is 15.5 Å². The molecule has 0 spiro atoms. The maximum absolute atomic E-state index is 14.1. The van der Waals surface area contributed by atoms with E-state index < -0.39 is 11.6 Å². The Kier molecular flexibility index (Phi) is 11.2. The number of ether oxygens (including phenoxy) is 1. The lowest BCUT2D eigenvalue weighted by Gasteiger charge is -2.31. The normalized spacial score (nSPS) is 20.6. The first-order chi connectivity index (χ1) is 14.6. The zero-order chi connectivity index (χ0) is 21.3. The van der Waals surface area contributed by atoms with Gasteiger partial charge in [0.25, 0.3) is 0 Å². The number of guanidine groups is 1. The Morgan fingerprint density at radius 1 is 1.16 bits per heavy atom. The maximum Gasteiger partial charge on any atom is 0.191 e. The van der Waals surface area contributed by atoms with Gasteiger partial charge in [-0.3, -0.25) is 4.99 Å². The van der Waals surface area contributed by atoms with E-state index in [9.17, 15) is 8.78 Å². The number of methoxy groups -OCH3 is 1. The molecule has 0 aliphatic carbocycles. The molecule has 2 N–H and O–H groups in total. The Morgan fingerprint density at radius 3 is 2.52 bits per heavy atom. The van der Waals surface area contributed by atoms with Crippen LogP contribution in [-0.2, 0) is 4.74 Å². The van der Waals surface area contributed by atoms with Crippen molar-refractivity contribution in [2.24, 2.45) is 10.9 Å². The fourth-order valence-electron chi connectivity index (χ4n) is 4.22. The molecule has 2 saturated heterocycles. The minimum atomic E-state index is -0.506. The summed E-state index contributed by atoms with van der Waals surface area (Å²) in [5.41, 5.74) is 0.0731. The summed E-state index contributed by atoms with van der Waals surface area (Å²) in [6.45, 7) is 8.77. The number of likely N-dealkylation sites (tertiary alicyclic amines) is 1. The summed E-state index contributed by atoms with van der Waals surface area (Å²) in [6, 6.07) is 4.13. The topological polar surface area (TPSA) is 52.1 Å². The highest BCUT2D eigenvalue weighted by molar-refractivity contribution is 14.0. The zero-order valence-corrected chi connectivity index (χ0v) is 20.9. The van der Waals surface area contributed by atoms with Crippen molar-refractivity contribution in [2.75, 3.05) is 64.4 Å². The van der Waals surface area contributed by atoms with Crippen LogP contribution in [0.25, 0.3) is 0 Å². The molecule has 2 aliphatic heterocycles. The van der Waals surface area contributed by atoms with Crippen LogP contribution in [-0.4, -0.2) is 76.4 Å². The molecule has 1 aromatic carbocycles. The molecule has 2 heterocycles. The van der Waals surface area contributed by atoms with Crippen LogP contribution in [0.3, 0.4) is 0 Å². The van der Waals surface area contributed by atoms with E-state index >= 15 is 0 Å². The lowest BCUT2D eigenvalue weighted by Crippen LogP contribution is -2.45. The van der Waals surface area contributed by atoms with Gasteiger partial charge in [-0.05, 0) is 57.3 Å². The molecule has 0 amide bonds. The van der Waals surface area contributed by atoms with E-state index in [1.54, 1.807) is 12.0 Å². The predicted molar refractivity (Wildman–Crippen MR) is 133 cm³/mol. The SMILES string of the molecule is CCNC(=NCC1CCN(CCOC)CC1)NC1CCN(c2c(F)cccc2F)C1.I. The fraction of sp³-hybridized carbons (Fsp3) is 0.682. The summed E-state index contributed by atoms with van der Waals surface area (Å²) in [5.74, 6) is 0.369. The molecule has 2 aliphatic rings. The molecule has 1 unspecified atom stereocenters. The van der Waals surface area contributed by atoms with Crippen LogP contribution in [0.5, 0.6) is 0 Å². The summed E-state index contributed by atoms with van der Waals surface area (Å²) >= 11 is 0. The average molecular weight is 551 g/mol. The van der Waals surface area contributed by atoms with Gasteiger partial charge in [0, 0.05) is 45.9 Å². The third-order valence-electron chi connectivity index (χ3n) is 5.95. The highest BCUT2D eigenvalue weighted by Crippen LogP contribution is 2.26. The van der Waals surface area contributed by atoms with Gasteiger partial charge in [-0.2, -0.15) is 0 Å². The first-order valence-electron chi connectivity index (χ1n) is 11.1. The molecular weight excluding hydrogens is 515 g/mol. The fourth-order valence-corrected chi connectivity index (χ4v) is 4.22. The van der Waals surface area contributed by atoms with Gasteiger partial charge in [0.05, 0.1) is 6.61 Å². The van der Waals surface area contributed by atoms with Gasteiger partial charge in [0.2, 0.25) is 0 Å². The number of para-hydroxylation sites is 1. The van der Waals surface area contributed by atoms with E-state index in [0.29, 0.717) is 19.0 Å². The molecule has 9 heteroatoms. The van der Waals surface area contributed by atoms with E-state index in [-0.39, 0.29) is 35.7 Å². The number of hydrogen-bond donors (Lipinski definition) is 2. The van der Waals surface area contributed by atoms with Gasteiger partial charge in [0.1, 0.15) is 17.3 Å². The van der Waals surface area contributed by atoms with E-state index in [2.05, 4.69) is 15.5 Å². The van der Waals surface area contributed by atoms with Crippen molar-refractivity contribution < 1.29 is 13.5 Å². The Morgan fingerprint density at radius 2 is 1.87 bits per heavy atom. The number of rotatable bonds is 8. The van der Waals surface area contributed by atoms with Crippen molar-refractivity contribution in [2.45, 2.75) is 32.2 Å². The molecular formula is C22H36F2IN5O. The van der Waals surface area contributed by atoms with E-state index in [0.717, 1.165) is 64.6 Å². The van der Waals surface area contributed by atoms with Crippen molar-refractivity contribution in [1.29, 1.82) is 0 Å². The van der Waals surface area contributed by atoms with Gasteiger partial charge in [0.15, 0.2) is 5.96 Å². The van der Waals surface area contributed by atoms with E-state index in [1.165, 1.54) is 18.2 Å². The standard InChI is InChI=1S/C22H35F2N5O.HI/c1-3-25-22(26-15-17-7-10-28(11-8-17)13-14-30-2)27-18-9-12-29(16-18)21-19(23)5-4-6-20(21)24;/h4-6,17-18H,3,7-16H2,1-2H3,(H2,25,26,27);1H. The number of aliphatic imine (C=N–C) groups is 1. The Labute approximate surface area is 201 Å². The van der Waals surface area contributed by atoms with E-state index in [4.69, 9.17) is 9.73 Å². The van der Waals surface area contributed by atoms with Crippen LogP contribution in [0.2, 0.25) is 0 Å². The number of benzene rings is 1. The minimum Gasteiger partial charge on any atom is -0.383 e. The molecule has 0 saturated carbocycles. The monoisotopic (exact) mass is 551 g/mol. The van der Waals surface area contributed by atoms with Crippen LogP contribution in [0.1, 0.15) is 26.2 Å². The second-order valence-electron chi connectivity index (χ2n) is 8.14. The minimum absolute atomic E-state index is 0. The first kappa shape index (κ1) is 26.1. The Balaban J connectivity index is 0.00000341. The molecule has 0 bridgehead atoms. The van der Waals surface area contributed by atoms with Crippen molar-refractivity contribution >= 4 is 35.6 Å². The summed E-state index contributed by atoms with van der Waals surface area (Å²) < 4.78 is 33.3. The Bertz CT molecular complexity index is 680. The van der Waals surface area contributed by atoms with Crippen molar-refractivity contribution in [1.82, 2.24) is 15.5 Å². The van der Waals surface area contributed by atoms with Crippen molar-refractivity contribution in [3.8, 4) is 0 Å². The molecule has 3 rings (SSSR count). The second kappa shape index (κ2) is 13.4. The smallest absolute Gasteiger partial charge is 0.191 e. The predicted octanol–water partition coefficient (Wildman–Crippen LogP) is 3.08. The van der Waals surface area contributed by atoms with Gasteiger partial charge >= 0.3 is 0 Å². The van der Waals surface area contributed by atoms with Crippen LogP contribution in [0.4, 0.5) is 14.5 Å². The summed E-state index contributed by atoms with van der Waals surface area (Å²) in [5, 5.41) is 6.77. The molecule has 1 aromatic rings. The molecule has 1 atom stereocenters. The highest BCUT2D eigenvalue weighted by atomic mass is 127. The highest BCUT2D eigenvalue weighted by Gasteiger charge is 2.27. The molecule has 2 fully saturated rings. The number of hydrogen-bond acceptors (Lipinski definition) is 4. The van der Waals surface area contributed by atoms with E-state index in [1.807, 2.05) is 6.92 Å². The van der Waals surface area contributed by atoms with Crippen molar-refractivity contribution in [3.63, 3.8) is 0 Å². The molecule has 31 heavy (non-hydrogen) atoms. The molecule has 0 radical (unpaired) electrons. The van der Waals surface area contributed by atoms with Gasteiger partial charge in [-0.25, -0.2) is 8.78 Å². The molecule has 6 nitrogen and oxygen atoms in total. The lowest BCUT2D eigenvalue weighted by atomic mass is 9.97. The number of nitrogens with one attached hydrogen (secondary N) is 2. The third kappa shape index (κ3) is 7.71. The second-order valence-corrected chi connectivity index (χ2v) is 8.14. The van der Waals surface area contributed by atoms with Gasteiger partial charge in [-0.1, -0.05) is 6.07 Å². The quantitative estimate of drug-likeness (QED) is 0.296. The molecule has 176 valence electrons. The number of halogens is 3.